The van der Waals surface area contributed by atoms with Crippen LogP contribution in [0.2, 0.25) is 5.02 Å². The van der Waals surface area contributed by atoms with Gasteiger partial charge >= 0.3 is 5.97 Å². The second-order valence-electron chi connectivity index (χ2n) is 5.53. The number of halogens is 1. The first-order valence-electron chi connectivity index (χ1n) is 7.71. The summed E-state index contributed by atoms with van der Waals surface area (Å²) in [6, 6.07) is 9.02. The molecule has 0 saturated heterocycles. The van der Waals surface area contributed by atoms with Gasteiger partial charge in [-0.1, -0.05) is 53.7 Å². The van der Waals surface area contributed by atoms with Gasteiger partial charge in [-0.05, 0) is 19.1 Å². The van der Waals surface area contributed by atoms with Gasteiger partial charge in [0.25, 0.3) is 5.91 Å². The number of rotatable bonds is 6. The number of amides is 1. The third kappa shape index (κ3) is 4.49. The molecule has 0 unspecified atom stereocenters. The number of nitrogens with one attached hydrogen (secondary N) is 1. The van der Waals surface area contributed by atoms with Crippen molar-refractivity contribution in [2.24, 2.45) is 0 Å². The number of carbonyl (C=O) groups is 2. The molecule has 1 fully saturated rings. The van der Waals surface area contributed by atoms with Crippen LogP contribution in [0.15, 0.2) is 41.7 Å². The van der Waals surface area contributed by atoms with Crippen molar-refractivity contribution in [1.29, 1.82) is 0 Å². The van der Waals surface area contributed by atoms with Crippen molar-refractivity contribution in [3.8, 4) is 0 Å². The van der Waals surface area contributed by atoms with Gasteiger partial charge in [0.1, 0.15) is 0 Å². The van der Waals surface area contributed by atoms with E-state index in [0.29, 0.717) is 10.7 Å². The third-order valence-electron chi connectivity index (χ3n) is 3.59. The van der Waals surface area contributed by atoms with Crippen LogP contribution in [-0.4, -0.2) is 34.1 Å². The molecule has 0 bridgehead atoms. The zero-order valence-corrected chi connectivity index (χ0v) is 15.0. The van der Waals surface area contributed by atoms with E-state index < -0.39 is 12.1 Å². The van der Waals surface area contributed by atoms with E-state index in [2.05, 4.69) is 15.3 Å². The Labute approximate surface area is 154 Å². The lowest BCUT2D eigenvalue weighted by molar-refractivity contribution is -0.130. The molecule has 1 aromatic heterocycles. The van der Waals surface area contributed by atoms with Crippen LogP contribution < -0.4 is 5.32 Å². The molecule has 1 N–H and O–H groups in total. The van der Waals surface area contributed by atoms with Gasteiger partial charge in [0.15, 0.2) is 10.9 Å². The second-order valence-corrected chi connectivity index (χ2v) is 6.71. The number of hydrogen-bond donors (Lipinski definition) is 1. The normalized spacial score (nSPS) is 14.6. The maximum absolute atomic E-state index is 12.5. The summed E-state index contributed by atoms with van der Waals surface area (Å²) in [6.45, 7) is 0. The number of thioether (sulfide) groups is 1. The molecule has 1 amide bonds. The predicted molar refractivity (Wildman–Crippen MR) is 94.6 cm³/mol. The first-order chi connectivity index (χ1) is 12.1. The molecule has 8 heteroatoms. The minimum atomic E-state index is -1.06. The Morgan fingerprint density at radius 2 is 2.04 bits per heavy atom. The Kier molecular flexibility index (Phi) is 5.55. The molecule has 1 aliphatic carbocycles. The van der Waals surface area contributed by atoms with Crippen LogP contribution in [0, 0.1) is 0 Å². The highest BCUT2D eigenvalue weighted by atomic mass is 35.5. The van der Waals surface area contributed by atoms with Crippen molar-refractivity contribution < 1.29 is 14.3 Å². The number of aromatic nitrogens is 2. The van der Waals surface area contributed by atoms with E-state index in [1.165, 1.54) is 18.0 Å². The zero-order chi connectivity index (χ0) is 17.8. The summed E-state index contributed by atoms with van der Waals surface area (Å²) in [6.07, 6.45) is 3.96. The van der Waals surface area contributed by atoms with Gasteiger partial charge in [-0.3, -0.25) is 4.79 Å². The summed E-state index contributed by atoms with van der Waals surface area (Å²) in [5.74, 6) is -1.11. The predicted octanol–water partition coefficient (Wildman–Crippen LogP) is 3.03. The van der Waals surface area contributed by atoms with Gasteiger partial charge in [-0.25, -0.2) is 14.8 Å². The van der Waals surface area contributed by atoms with Crippen LogP contribution in [0.3, 0.4) is 0 Å². The van der Waals surface area contributed by atoms with Gasteiger partial charge in [0.2, 0.25) is 6.10 Å². The molecule has 1 aliphatic rings. The number of carbonyl (C=O) groups excluding carboxylic acids is 2. The summed E-state index contributed by atoms with van der Waals surface area (Å²) in [4.78, 5) is 33.1. The first-order valence-corrected chi connectivity index (χ1v) is 9.31. The van der Waals surface area contributed by atoms with Crippen molar-refractivity contribution in [2.45, 2.75) is 30.1 Å². The van der Waals surface area contributed by atoms with Crippen LogP contribution >= 0.6 is 23.4 Å². The molecule has 1 atom stereocenters. The molecule has 2 aromatic rings. The van der Waals surface area contributed by atoms with Crippen molar-refractivity contribution in [1.82, 2.24) is 15.3 Å². The van der Waals surface area contributed by atoms with E-state index in [1.54, 1.807) is 30.5 Å². The number of hydrogen-bond acceptors (Lipinski definition) is 6. The minimum absolute atomic E-state index is 0.0545. The summed E-state index contributed by atoms with van der Waals surface area (Å²) in [5, 5.41) is 3.34. The quantitative estimate of drug-likeness (QED) is 0.473. The Morgan fingerprint density at radius 1 is 1.32 bits per heavy atom. The minimum Gasteiger partial charge on any atom is -0.443 e. The number of benzene rings is 1. The number of esters is 1. The summed E-state index contributed by atoms with van der Waals surface area (Å²) >= 11 is 7.30. The van der Waals surface area contributed by atoms with Gasteiger partial charge < -0.3 is 10.1 Å². The third-order valence-corrected chi connectivity index (χ3v) is 4.43. The Bertz CT molecular complexity index is 784. The molecule has 1 saturated carbocycles. The van der Waals surface area contributed by atoms with Crippen molar-refractivity contribution in [3.05, 3.63) is 52.8 Å². The van der Waals surface area contributed by atoms with Gasteiger partial charge in [-0.15, -0.1) is 0 Å². The fourth-order valence-electron chi connectivity index (χ4n) is 2.16. The zero-order valence-electron chi connectivity index (χ0n) is 13.4. The van der Waals surface area contributed by atoms with E-state index in [-0.39, 0.29) is 22.7 Å². The highest BCUT2D eigenvalue weighted by Gasteiger charge is 2.31. The summed E-state index contributed by atoms with van der Waals surface area (Å²) in [5.41, 5.74) is 0.533. The van der Waals surface area contributed by atoms with Crippen LogP contribution in [0.5, 0.6) is 0 Å². The summed E-state index contributed by atoms with van der Waals surface area (Å²) < 4.78 is 5.46. The molecular weight excluding hydrogens is 362 g/mol. The highest BCUT2D eigenvalue weighted by Crippen LogP contribution is 2.25. The SMILES string of the molecule is CSc1ncc(Cl)c(C(=O)O[C@@H](C(=O)NC2CC2)c2ccccc2)n1. The monoisotopic (exact) mass is 377 g/mol. The van der Waals surface area contributed by atoms with E-state index in [9.17, 15) is 9.59 Å². The Hall–Kier alpha value is -2.12. The van der Waals surface area contributed by atoms with E-state index >= 15 is 0 Å². The average Bonchev–Trinajstić information content (AvgIpc) is 3.44. The number of nitrogens with zero attached hydrogens (tertiary/aromatic N) is 2. The van der Waals surface area contributed by atoms with Crippen molar-refractivity contribution in [2.75, 3.05) is 6.26 Å². The molecule has 0 spiro atoms. The van der Waals surface area contributed by atoms with Gasteiger partial charge in [-0.2, -0.15) is 0 Å². The largest absolute Gasteiger partial charge is 0.443 e. The molecule has 130 valence electrons. The molecular formula is C17H16ClN3O3S. The topological polar surface area (TPSA) is 81.2 Å². The van der Waals surface area contributed by atoms with Crippen LogP contribution in [0.4, 0.5) is 0 Å². The lowest BCUT2D eigenvalue weighted by Crippen LogP contribution is -2.33. The molecule has 0 aliphatic heterocycles. The maximum Gasteiger partial charge on any atom is 0.359 e. The fourth-order valence-corrected chi connectivity index (χ4v) is 2.67. The first kappa shape index (κ1) is 17.7. The molecule has 1 aromatic carbocycles. The maximum atomic E-state index is 12.5. The Morgan fingerprint density at radius 3 is 2.68 bits per heavy atom. The molecule has 25 heavy (non-hydrogen) atoms. The lowest BCUT2D eigenvalue weighted by atomic mass is 10.1. The molecule has 6 nitrogen and oxygen atoms in total. The highest BCUT2D eigenvalue weighted by molar-refractivity contribution is 7.98. The average molecular weight is 378 g/mol. The smallest absolute Gasteiger partial charge is 0.359 e. The second kappa shape index (κ2) is 7.84. The van der Waals surface area contributed by atoms with Gasteiger partial charge in [0.05, 0.1) is 11.2 Å². The van der Waals surface area contributed by atoms with Crippen molar-refractivity contribution >= 4 is 35.2 Å². The van der Waals surface area contributed by atoms with E-state index in [1.807, 2.05) is 6.07 Å². The lowest BCUT2D eigenvalue weighted by Gasteiger charge is -2.18. The molecule has 3 rings (SSSR count). The summed E-state index contributed by atoms with van der Waals surface area (Å²) in [7, 11) is 0. The molecule has 0 radical (unpaired) electrons. The van der Waals surface area contributed by atoms with Crippen LogP contribution in [-0.2, 0) is 9.53 Å². The van der Waals surface area contributed by atoms with Gasteiger partial charge in [0, 0.05) is 11.6 Å². The van der Waals surface area contributed by atoms with E-state index in [4.69, 9.17) is 16.3 Å². The Balaban J connectivity index is 1.84. The van der Waals surface area contributed by atoms with E-state index in [0.717, 1.165) is 12.8 Å². The molecule has 1 heterocycles. The van der Waals surface area contributed by atoms with Crippen LogP contribution in [0.1, 0.15) is 35.0 Å². The number of ether oxygens (including phenoxy) is 1. The standard InChI is InChI=1S/C17H16ClN3O3S/c1-25-17-19-9-12(18)13(21-17)16(23)24-14(10-5-3-2-4-6-10)15(22)20-11-7-8-11/h2-6,9,11,14H,7-8H2,1H3,(H,20,22)/t14-/m1/s1. The fraction of sp³-hybridized carbons (Fsp3) is 0.294. The van der Waals surface area contributed by atoms with Crippen LogP contribution in [0.25, 0.3) is 0 Å². The van der Waals surface area contributed by atoms with Crippen molar-refractivity contribution in [3.63, 3.8) is 0 Å².